The number of nitrogens with zero attached hydrogens (tertiary/aromatic N) is 4. The number of hydrogen-bond acceptors (Lipinski definition) is 4. The fourth-order valence-electron chi connectivity index (χ4n) is 5.01. The Hall–Kier alpha value is -3.96. The van der Waals surface area contributed by atoms with E-state index in [1.165, 1.54) is 37.6 Å². The summed E-state index contributed by atoms with van der Waals surface area (Å²) in [6, 6.07) is 23.5. The summed E-state index contributed by atoms with van der Waals surface area (Å²) in [6.07, 6.45) is 9.18. The quantitative estimate of drug-likeness (QED) is 0.271. The number of aromatic nitrogens is 3. The third kappa shape index (κ3) is 4.62. The molecular formula is C31H27FN4. The van der Waals surface area contributed by atoms with Crippen LogP contribution in [0.15, 0.2) is 91.4 Å². The van der Waals surface area contributed by atoms with E-state index in [-0.39, 0.29) is 5.82 Å². The van der Waals surface area contributed by atoms with Gasteiger partial charge in [0.05, 0.1) is 5.69 Å². The third-order valence-corrected chi connectivity index (χ3v) is 6.99. The average molecular weight is 475 g/mol. The van der Waals surface area contributed by atoms with Gasteiger partial charge in [-0.3, -0.25) is 4.98 Å². The fraction of sp³-hybridized carbons (Fsp3) is 0.194. The molecule has 1 aliphatic rings. The molecule has 0 spiro atoms. The van der Waals surface area contributed by atoms with Gasteiger partial charge in [-0.2, -0.15) is 0 Å². The number of pyridine rings is 3. The number of fused-ring (bicyclic) bond motifs is 1. The van der Waals surface area contributed by atoms with Crippen molar-refractivity contribution in [3.8, 4) is 33.5 Å². The molecule has 0 bridgehead atoms. The predicted octanol–water partition coefficient (Wildman–Crippen LogP) is 6.80. The first-order chi connectivity index (χ1) is 17.7. The number of hydrogen-bond donors (Lipinski definition) is 0. The molecule has 0 unspecified atom stereocenters. The van der Waals surface area contributed by atoms with Crippen molar-refractivity contribution in [2.75, 3.05) is 19.6 Å². The lowest BCUT2D eigenvalue weighted by atomic mass is 9.97. The maximum atomic E-state index is 14.6. The van der Waals surface area contributed by atoms with Crippen molar-refractivity contribution in [3.63, 3.8) is 0 Å². The van der Waals surface area contributed by atoms with Crippen molar-refractivity contribution in [1.82, 2.24) is 19.9 Å². The van der Waals surface area contributed by atoms with Crippen molar-refractivity contribution < 1.29 is 4.39 Å². The SMILES string of the molecule is Fc1ccccc1-c1cc(-c2cncc(-c3ccc(CCN4CCCC4)cc3)c2)c2cccnc2n1. The topological polar surface area (TPSA) is 41.9 Å². The van der Waals surface area contributed by atoms with Crippen molar-refractivity contribution in [2.24, 2.45) is 0 Å². The Kier molecular flexibility index (Phi) is 6.22. The van der Waals surface area contributed by atoms with Crippen LogP contribution in [0.3, 0.4) is 0 Å². The average Bonchev–Trinajstić information content (AvgIpc) is 3.46. The van der Waals surface area contributed by atoms with E-state index in [9.17, 15) is 4.39 Å². The van der Waals surface area contributed by atoms with Gasteiger partial charge in [0.25, 0.3) is 0 Å². The van der Waals surface area contributed by atoms with E-state index in [4.69, 9.17) is 0 Å². The minimum atomic E-state index is -0.303. The van der Waals surface area contributed by atoms with Crippen LogP contribution in [0.4, 0.5) is 4.39 Å². The number of halogens is 1. The first kappa shape index (κ1) is 22.5. The molecular weight excluding hydrogens is 447 g/mol. The molecule has 0 radical (unpaired) electrons. The predicted molar refractivity (Wildman–Crippen MR) is 143 cm³/mol. The molecule has 0 atom stereocenters. The Labute approximate surface area is 210 Å². The zero-order chi connectivity index (χ0) is 24.3. The summed E-state index contributed by atoms with van der Waals surface area (Å²) in [6.45, 7) is 3.59. The molecule has 3 aromatic heterocycles. The highest BCUT2D eigenvalue weighted by atomic mass is 19.1. The highest BCUT2D eigenvalue weighted by Crippen LogP contribution is 2.33. The molecule has 6 rings (SSSR count). The summed E-state index contributed by atoms with van der Waals surface area (Å²) in [5, 5.41) is 0.911. The van der Waals surface area contributed by atoms with E-state index in [0.29, 0.717) is 16.9 Å². The van der Waals surface area contributed by atoms with Crippen LogP contribution in [-0.4, -0.2) is 39.5 Å². The summed E-state index contributed by atoms with van der Waals surface area (Å²) in [7, 11) is 0. The zero-order valence-electron chi connectivity index (χ0n) is 20.1. The number of rotatable bonds is 6. The standard InChI is InChI=1S/C31H27FN4/c32-29-8-2-1-6-27(29)30-19-28(26-7-5-14-34-31(26)35-30)25-18-24(20-33-21-25)23-11-9-22(10-12-23)13-17-36-15-3-4-16-36/h1-2,5-12,14,18-21H,3-4,13,15-17H2. The van der Waals surface area contributed by atoms with Crippen molar-refractivity contribution in [1.29, 1.82) is 0 Å². The van der Waals surface area contributed by atoms with Crippen molar-refractivity contribution >= 4 is 11.0 Å². The minimum Gasteiger partial charge on any atom is -0.303 e. The van der Waals surface area contributed by atoms with Gasteiger partial charge in [-0.05, 0) is 85.4 Å². The van der Waals surface area contributed by atoms with Crippen LogP contribution in [0.25, 0.3) is 44.5 Å². The van der Waals surface area contributed by atoms with Crippen molar-refractivity contribution in [3.05, 3.63) is 103 Å². The highest BCUT2D eigenvalue weighted by molar-refractivity contribution is 5.95. The Morgan fingerprint density at radius 2 is 1.58 bits per heavy atom. The molecule has 2 aromatic carbocycles. The van der Waals surface area contributed by atoms with Gasteiger partial charge in [0.2, 0.25) is 0 Å². The molecule has 4 heterocycles. The highest BCUT2D eigenvalue weighted by Gasteiger charge is 2.14. The molecule has 0 saturated carbocycles. The summed E-state index contributed by atoms with van der Waals surface area (Å²) < 4.78 is 14.6. The Balaban J connectivity index is 1.34. The first-order valence-corrected chi connectivity index (χ1v) is 12.5. The summed E-state index contributed by atoms with van der Waals surface area (Å²) in [4.78, 5) is 16.2. The van der Waals surface area contributed by atoms with Crippen LogP contribution in [0.1, 0.15) is 18.4 Å². The lowest BCUT2D eigenvalue weighted by Gasteiger charge is -2.14. The summed E-state index contributed by atoms with van der Waals surface area (Å²) in [5.41, 5.74) is 7.00. The van der Waals surface area contributed by atoms with E-state index in [2.05, 4.69) is 50.2 Å². The van der Waals surface area contributed by atoms with Crippen LogP contribution >= 0.6 is 0 Å². The molecule has 5 aromatic rings. The van der Waals surface area contributed by atoms with E-state index < -0.39 is 0 Å². The molecule has 0 N–H and O–H groups in total. The second kappa shape index (κ2) is 9.96. The van der Waals surface area contributed by atoms with Crippen molar-refractivity contribution in [2.45, 2.75) is 19.3 Å². The first-order valence-electron chi connectivity index (χ1n) is 12.5. The molecule has 1 saturated heterocycles. The Morgan fingerprint density at radius 1 is 0.778 bits per heavy atom. The van der Waals surface area contributed by atoms with E-state index in [1.807, 2.05) is 36.7 Å². The monoisotopic (exact) mass is 474 g/mol. The largest absolute Gasteiger partial charge is 0.303 e. The van der Waals surface area contributed by atoms with Crippen LogP contribution < -0.4 is 0 Å². The third-order valence-electron chi connectivity index (χ3n) is 6.99. The van der Waals surface area contributed by atoms with Gasteiger partial charge in [-0.15, -0.1) is 0 Å². The lowest BCUT2D eigenvalue weighted by molar-refractivity contribution is 0.343. The summed E-state index contributed by atoms with van der Waals surface area (Å²) >= 11 is 0. The van der Waals surface area contributed by atoms with Crippen LogP contribution in [0, 0.1) is 5.82 Å². The van der Waals surface area contributed by atoms with Gasteiger partial charge in [0.1, 0.15) is 5.82 Å². The van der Waals surface area contributed by atoms with Gasteiger partial charge in [0, 0.05) is 47.2 Å². The zero-order valence-corrected chi connectivity index (χ0v) is 20.1. The molecule has 5 heteroatoms. The normalized spacial score (nSPS) is 13.9. The second-order valence-corrected chi connectivity index (χ2v) is 9.37. The minimum absolute atomic E-state index is 0.303. The second-order valence-electron chi connectivity index (χ2n) is 9.37. The van der Waals surface area contributed by atoms with Gasteiger partial charge >= 0.3 is 0 Å². The maximum absolute atomic E-state index is 14.6. The molecule has 4 nitrogen and oxygen atoms in total. The number of benzene rings is 2. The molecule has 178 valence electrons. The molecule has 1 aliphatic heterocycles. The van der Waals surface area contributed by atoms with Crippen LogP contribution in [-0.2, 0) is 6.42 Å². The lowest BCUT2D eigenvalue weighted by Crippen LogP contribution is -2.21. The van der Waals surface area contributed by atoms with Gasteiger partial charge < -0.3 is 4.90 Å². The smallest absolute Gasteiger partial charge is 0.160 e. The molecule has 36 heavy (non-hydrogen) atoms. The molecule has 1 fully saturated rings. The van der Waals surface area contributed by atoms with Gasteiger partial charge in [-0.25, -0.2) is 14.4 Å². The van der Waals surface area contributed by atoms with Gasteiger partial charge in [0.15, 0.2) is 5.65 Å². The van der Waals surface area contributed by atoms with E-state index in [1.54, 1.807) is 18.3 Å². The Morgan fingerprint density at radius 3 is 2.42 bits per heavy atom. The van der Waals surface area contributed by atoms with Crippen LogP contribution in [0.2, 0.25) is 0 Å². The summed E-state index contributed by atoms with van der Waals surface area (Å²) in [5.74, 6) is -0.303. The van der Waals surface area contributed by atoms with E-state index in [0.717, 1.165) is 40.6 Å². The molecule has 0 aliphatic carbocycles. The molecule has 0 amide bonds. The Bertz CT molecular complexity index is 1510. The van der Waals surface area contributed by atoms with E-state index >= 15 is 0 Å². The number of likely N-dealkylation sites (tertiary alicyclic amines) is 1. The van der Waals surface area contributed by atoms with Crippen LogP contribution in [0.5, 0.6) is 0 Å². The maximum Gasteiger partial charge on any atom is 0.160 e. The van der Waals surface area contributed by atoms with Gasteiger partial charge in [-0.1, -0.05) is 36.4 Å². The fourth-order valence-corrected chi connectivity index (χ4v) is 5.01.